The van der Waals surface area contributed by atoms with E-state index in [1.807, 2.05) is 13.8 Å². The first-order valence-corrected chi connectivity index (χ1v) is 14.2. The third-order valence-electron chi connectivity index (χ3n) is 7.44. The van der Waals surface area contributed by atoms with Crippen LogP contribution in [-0.2, 0) is 15.7 Å². The Morgan fingerprint density at radius 3 is 2.67 bits per heavy atom. The molecule has 2 bridgehead atoms. The second-order valence-electron chi connectivity index (χ2n) is 10.9. The normalized spacial score (nSPS) is 16.6. The van der Waals surface area contributed by atoms with Crippen molar-refractivity contribution in [2.75, 3.05) is 48.5 Å². The van der Waals surface area contributed by atoms with Crippen LogP contribution in [0.15, 0.2) is 48.7 Å². The predicted octanol–water partition coefficient (Wildman–Crippen LogP) is 6.14. The number of rotatable bonds is 10. The number of halogens is 3. The summed E-state index contributed by atoms with van der Waals surface area (Å²) >= 11 is 0. The average molecular weight is 601 g/mol. The highest BCUT2D eigenvalue weighted by molar-refractivity contribution is 6.04. The van der Waals surface area contributed by atoms with Crippen LogP contribution in [0.5, 0.6) is 5.88 Å². The van der Waals surface area contributed by atoms with Gasteiger partial charge in [0.1, 0.15) is 5.82 Å². The molecule has 1 atom stereocenters. The first-order valence-electron chi connectivity index (χ1n) is 14.2. The summed E-state index contributed by atoms with van der Waals surface area (Å²) in [7, 11) is 1.60. The van der Waals surface area contributed by atoms with Crippen molar-refractivity contribution in [3.05, 3.63) is 54.2 Å². The van der Waals surface area contributed by atoms with Gasteiger partial charge in [0.2, 0.25) is 5.88 Å². The molecule has 0 saturated carbocycles. The lowest BCUT2D eigenvalue weighted by Crippen LogP contribution is -2.56. The fourth-order valence-corrected chi connectivity index (χ4v) is 5.05. The molecule has 43 heavy (non-hydrogen) atoms. The first kappa shape index (κ1) is 30.5. The maximum absolute atomic E-state index is 13.7. The third-order valence-corrected chi connectivity index (χ3v) is 7.44. The van der Waals surface area contributed by atoms with Gasteiger partial charge in [0.25, 0.3) is 0 Å². The van der Waals surface area contributed by atoms with E-state index in [-0.39, 0.29) is 17.4 Å². The molecule has 1 N–H and O–H groups in total. The first-order chi connectivity index (χ1) is 20.5. The van der Waals surface area contributed by atoms with Gasteiger partial charge in [0.05, 0.1) is 36.7 Å². The number of carbonyl (C=O) groups is 1. The van der Waals surface area contributed by atoms with E-state index in [0.29, 0.717) is 43.0 Å². The van der Waals surface area contributed by atoms with Crippen LogP contribution in [0.25, 0.3) is 11.4 Å². The third kappa shape index (κ3) is 7.34. The Balaban J connectivity index is 1.29. The highest BCUT2D eigenvalue weighted by Gasteiger charge is 2.39. The van der Waals surface area contributed by atoms with Crippen molar-refractivity contribution in [3.63, 3.8) is 0 Å². The second kappa shape index (κ2) is 12.7. The Bertz CT molecular complexity index is 1440. The van der Waals surface area contributed by atoms with E-state index in [1.165, 1.54) is 12.1 Å². The molecule has 1 fully saturated rings. The van der Waals surface area contributed by atoms with Gasteiger partial charge in [-0.1, -0.05) is 18.2 Å². The molecule has 230 valence electrons. The number of benzene rings is 1. The number of amides is 2. The van der Waals surface area contributed by atoms with Gasteiger partial charge in [-0.2, -0.15) is 18.2 Å². The largest absolute Gasteiger partial charge is 0.478 e. The van der Waals surface area contributed by atoms with Crippen LogP contribution in [0.1, 0.15) is 45.1 Å². The molecular formula is C30H35F3N6O4. The number of hydrogen-bond acceptors (Lipinski definition) is 8. The van der Waals surface area contributed by atoms with E-state index in [1.54, 1.807) is 36.4 Å². The van der Waals surface area contributed by atoms with Crippen molar-refractivity contribution in [1.82, 2.24) is 15.0 Å². The zero-order chi connectivity index (χ0) is 30.6. The molecule has 2 aliphatic rings. The molecule has 10 nitrogen and oxygen atoms in total. The Morgan fingerprint density at radius 2 is 1.88 bits per heavy atom. The van der Waals surface area contributed by atoms with Crippen LogP contribution < -0.4 is 19.9 Å². The van der Waals surface area contributed by atoms with E-state index >= 15 is 0 Å². The molecule has 3 aromatic rings. The fraction of sp³-hybridized carbons (Fsp3) is 0.467. The minimum absolute atomic E-state index is 0.105. The lowest BCUT2D eigenvalue weighted by atomic mass is 10.0. The zero-order valence-electron chi connectivity index (χ0n) is 24.4. The minimum atomic E-state index is -4.50. The maximum atomic E-state index is 13.7. The van der Waals surface area contributed by atoms with Gasteiger partial charge in [0, 0.05) is 31.8 Å². The zero-order valence-corrected chi connectivity index (χ0v) is 24.4. The highest BCUT2D eigenvalue weighted by Crippen LogP contribution is 2.39. The summed E-state index contributed by atoms with van der Waals surface area (Å²) in [4.78, 5) is 30.8. The Morgan fingerprint density at radius 1 is 1.09 bits per heavy atom. The molecule has 2 amide bonds. The van der Waals surface area contributed by atoms with Crippen molar-refractivity contribution in [2.45, 2.75) is 57.5 Å². The van der Waals surface area contributed by atoms with E-state index in [4.69, 9.17) is 14.2 Å². The van der Waals surface area contributed by atoms with Gasteiger partial charge in [-0.25, -0.2) is 14.8 Å². The van der Waals surface area contributed by atoms with E-state index in [0.717, 1.165) is 44.4 Å². The number of nitrogens with zero attached hydrogens (tertiary/aromatic N) is 5. The number of piperidine rings is 1. The molecule has 13 heteroatoms. The number of pyridine rings is 1. The van der Waals surface area contributed by atoms with E-state index < -0.39 is 23.6 Å². The summed E-state index contributed by atoms with van der Waals surface area (Å²) < 4.78 is 56.7. The van der Waals surface area contributed by atoms with Crippen molar-refractivity contribution >= 4 is 23.4 Å². The van der Waals surface area contributed by atoms with Gasteiger partial charge >= 0.3 is 12.2 Å². The lowest BCUT2D eigenvalue weighted by molar-refractivity contribution is -0.197. The van der Waals surface area contributed by atoms with Crippen LogP contribution >= 0.6 is 0 Å². The number of hydrogen-bond donors (Lipinski definition) is 1. The molecule has 0 aliphatic carbocycles. The fourth-order valence-electron chi connectivity index (χ4n) is 5.05. The second-order valence-corrected chi connectivity index (χ2v) is 10.9. The Hall–Kier alpha value is -3.97. The number of nitrogens with one attached hydrogen (secondary N) is 1. The molecule has 0 radical (unpaired) electrons. The number of urea groups is 1. The number of alkyl halides is 3. The maximum Gasteiger partial charge on any atom is 0.416 e. The van der Waals surface area contributed by atoms with Crippen LogP contribution in [-0.4, -0.2) is 66.2 Å². The van der Waals surface area contributed by atoms with Crippen LogP contribution in [0.4, 0.5) is 35.3 Å². The predicted molar refractivity (Wildman–Crippen MR) is 155 cm³/mol. The molecule has 0 spiro atoms. The number of anilines is 3. The number of aromatic nitrogens is 3. The van der Waals surface area contributed by atoms with Gasteiger partial charge in [-0.3, -0.25) is 10.2 Å². The van der Waals surface area contributed by atoms with Gasteiger partial charge in [-0.15, -0.1) is 0 Å². The molecular weight excluding hydrogens is 565 g/mol. The van der Waals surface area contributed by atoms with Crippen LogP contribution in [0, 0.1) is 0 Å². The minimum Gasteiger partial charge on any atom is -0.478 e. The van der Waals surface area contributed by atoms with Crippen molar-refractivity contribution < 1.29 is 32.2 Å². The molecule has 1 unspecified atom stereocenters. The van der Waals surface area contributed by atoms with Crippen LogP contribution in [0.2, 0.25) is 0 Å². The van der Waals surface area contributed by atoms with Gasteiger partial charge < -0.3 is 19.1 Å². The highest BCUT2D eigenvalue weighted by atomic mass is 19.4. The van der Waals surface area contributed by atoms with Crippen molar-refractivity contribution in [2.24, 2.45) is 0 Å². The topological polar surface area (TPSA) is 102 Å². The molecule has 2 aliphatic heterocycles. The molecule has 4 heterocycles. The Labute approximate surface area is 248 Å². The summed E-state index contributed by atoms with van der Waals surface area (Å²) in [5, 5.41) is 2.85. The summed E-state index contributed by atoms with van der Waals surface area (Å²) in [5.74, 6) is 0.495. The number of unbranched alkanes of at least 4 members (excludes halogenated alkanes) is 1. The Kier molecular flexibility index (Phi) is 9.02. The molecule has 1 aromatic carbocycles. The monoisotopic (exact) mass is 600 g/mol. The van der Waals surface area contributed by atoms with E-state index in [9.17, 15) is 18.0 Å². The SMILES string of the molecule is COC(C)(C)OCCCCOc1cccc(NC(=O)N2c3nc(-c4cccc(C(F)(F)F)c4)ncc3N3CCCC2C3)n1. The molecule has 1 saturated heterocycles. The van der Waals surface area contributed by atoms with Crippen LogP contribution in [0.3, 0.4) is 0 Å². The molecule has 2 aromatic heterocycles. The van der Waals surface area contributed by atoms with Gasteiger partial charge in [-0.05, 0) is 57.7 Å². The average Bonchev–Trinajstić information content (AvgIpc) is 2.99. The number of carbonyl (C=O) groups excluding carboxylic acids is 1. The summed E-state index contributed by atoms with van der Waals surface area (Å²) in [5.41, 5.74) is 0.0760. The van der Waals surface area contributed by atoms with Crippen molar-refractivity contribution in [1.29, 1.82) is 0 Å². The summed E-state index contributed by atoms with van der Waals surface area (Å²) in [6.07, 6.45) is 0.232. The quantitative estimate of drug-likeness (QED) is 0.219. The van der Waals surface area contributed by atoms with Gasteiger partial charge in [0.15, 0.2) is 17.4 Å². The smallest absolute Gasteiger partial charge is 0.416 e. The lowest BCUT2D eigenvalue weighted by Gasteiger charge is -2.45. The standard InChI is InChI=1S/C30H35F3N6O4/c1-29(2,41-3)43-16-5-4-15-42-25-13-7-12-24(35-25)36-28(40)39-22-11-8-14-38(19-22)23-18-34-26(37-27(23)39)20-9-6-10-21(17-20)30(31,32)33/h6-7,9-10,12-13,17-18,22H,4-5,8,11,14-16,19H2,1-3H3,(H,35,36,40). The van der Waals surface area contributed by atoms with Crippen molar-refractivity contribution in [3.8, 4) is 17.3 Å². The number of methoxy groups -OCH3 is 1. The van der Waals surface area contributed by atoms with E-state index in [2.05, 4.69) is 25.2 Å². The number of ether oxygens (including phenoxy) is 3. The molecule has 5 rings (SSSR count). The summed E-state index contributed by atoms with van der Waals surface area (Å²) in [6, 6.07) is 9.36. The number of fused-ring (bicyclic) bond motifs is 4. The summed E-state index contributed by atoms with van der Waals surface area (Å²) in [6.45, 7) is 6.04.